The van der Waals surface area contributed by atoms with E-state index in [1.54, 1.807) is 16.8 Å². The van der Waals surface area contributed by atoms with Gasteiger partial charge in [-0.05, 0) is 76.1 Å². The number of aryl methyl sites for hydroxylation is 1. The largest absolute Gasteiger partial charge is 0.424 e. The van der Waals surface area contributed by atoms with Crippen LogP contribution in [0.4, 0.5) is 15.3 Å². The number of hydrogen-bond donors (Lipinski definition) is 3. The topological polar surface area (TPSA) is 92.2 Å². The zero-order chi connectivity index (χ0) is 23.6. The molecule has 3 heterocycles. The van der Waals surface area contributed by atoms with Crippen LogP contribution in [-0.2, 0) is 0 Å². The Hall–Kier alpha value is -2.76. The van der Waals surface area contributed by atoms with Crippen molar-refractivity contribution in [1.29, 1.82) is 0 Å². The summed E-state index contributed by atoms with van der Waals surface area (Å²) in [4.78, 5) is 6.89. The van der Waals surface area contributed by atoms with E-state index in [1.807, 2.05) is 27.8 Å². The fourth-order valence-electron chi connectivity index (χ4n) is 3.96. The summed E-state index contributed by atoms with van der Waals surface area (Å²) in [7, 11) is 1.98. The zero-order valence-corrected chi connectivity index (χ0v) is 20.4. The van der Waals surface area contributed by atoms with Crippen molar-refractivity contribution < 1.29 is 9.13 Å². The molecular weight excluding hydrogens is 443 g/mol. The SMILES string of the molecule is CC[C@@]1(NC)CN(c2cc(C)ns2)CN[C@H]1Nc1nc(Oc2ccc(F)cc2)n(C(C)C)n1. The average molecular weight is 475 g/mol. The molecule has 1 saturated heterocycles. The summed E-state index contributed by atoms with van der Waals surface area (Å²) in [5.41, 5.74) is 0.760. The maximum Gasteiger partial charge on any atom is 0.322 e. The summed E-state index contributed by atoms with van der Waals surface area (Å²) in [6, 6.07) is 8.36. The second-order valence-electron chi connectivity index (χ2n) is 8.52. The van der Waals surface area contributed by atoms with Crippen molar-refractivity contribution in [1.82, 2.24) is 29.8 Å². The van der Waals surface area contributed by atoms with E-state index in [0.717, 1.165) is 23.7 Å². The van der Waals surface area contributed by atoms with Gasteiger partial charge in [-0.3, -0.25) is 5.32 Å². The normalized spacial score (nSPS) is 20.9. The number of benzene rings is 1. The molecule has 0 spiro atoms. The van der Waals surface area contributed by atoms with Crippen molar-refractivity contribution in [2.24, 2.45) is 0 Å². The van der Waals surface area contributed by atoms with E-state index in [4.69, 9.17) is 4.74 Å². The van der Waals surface area contributed by atoms with Crippen molar-refractivity contribution in [3.05, 3.63) is 41.8 Å². The Kier molecular flexibility index (Phi) is 6.82. The molecule has 11 heteroatoms. The number of ether oxygens (including phenoxy) is 1. The predicted octanol–water partition coefficient (Wildman–Crippen LogP) is 3.73. The van der Waals surface area contributed by atoms with Crippen LogP contribution in [-0.4, -0.2) is 51.1 Å². The smallest absolute Gasteiger partial charge is 0.322 e. The fraction of sp³-hybridized carbons (Fsp3) is 0.500. The lowest BCUT2D eigenvalue weighted by atomic mass is 9.89. The first-order valence-corrected chi connectivity index (χ1v) is 11.9. The van der Waals surface area contributed by atoms with Crippen LogP contribution < -0.4 is 25.6 Å². The highest BCUT2D eigenvalue weighted by atomic mass is 32.1. The molecule has 1 fully saturated rings. The number of nitrogens with zero attached hydrogens (tertiary/aromatic N) is 5. The molecule has 0 radical (unpaired) electrons. The van der Waals surface area contributed by atoms with Crippen LogP contribution in [0.2, 0.25) is 0 Å². The first kappa shape index (κ1) is 23.4. The van der Waals surface area contributed by atoms with E-state index in [9.17, 15) is 4.39 Å². The van der Waals surface area contributed by atoms with Crippen molar-refractivity contribution in [2.75, 3.05) is 30.5 Å². The standard InChI is InChI=1S/C22H31FN8OS/c1-6-22(24-5)12-30(18-11-15(4)29-33-18)13-25-19(22)26-20-27-21(31(28-20)14(2)3)32-17-9-7-16(23)8-10-17/h7-11,14,19,24-25H,6,12-13H2,1-5H3,(H,26,28)/t19-,22+/m0/s1. The molecule has 2 aromatic heterocycles. The van der Waals surface area contributed by atoms with Crippen molar-refractivity contribution >= 4 is 22.5 Å². The Morgan fingerprint density at radius 3 is 2.70 bits per heavy atom. The van der Waals surface area contributed by atoms with Crippen LogP contribution >= 0.6 is 11.5 Å². The first-order chi connectivity index (χ1) is 15.8. The summed E-state index contributed by atoms with van der Waals surface area (Å²) in [6.45, 7) is 9.66. The highest BCUT2D eigenvalue weighted by molar-refractivity contribution is 7.10. The molecule has 178 valence electrons. The Bertz CT molecular complexity index is 1060. The maximum atomic E-state index is 13.3. The van der Waals surface area contributed by atoms with Gasteiger partial charge in [-0.1, -0.05) is 6.92 Å². The monoisotopic (exact) mass is 474 g/mol. The predicted molar refractivity (Wildman–Crippen MR) is 129 cm³/mol. The Labute approximate surface area is 197 Å². The van der Waals surface area contributed by atoms with Gasteiger partial charge in [0, 0.05) is 6.54 Å². The summed E-state index contributed by atoms with van der Waals surface area (Å²) in [5.74, 6) is 0.652. The minimum Gasteiger partial charge on any atom is -0.424 e. The number of anilines is 2. The van der Waals surface area contributed by atoms with Gasteiger partial charge in [-0.15, -0.1) is 5.10 Å². The Morgan fingerprint density at radius 1 is 1.33 bits per heavy atom. The van der Waals surface area contributed by atoms with Gasteiger partial charge in [-0.25, -0.2) is 9.07 Å². The molecule has 1 aromatic carbocycles. The fourth-order valence-corrected chi connectivity index (χ4v) is 4.72. The van der Waals surface area contributed by atoms with E-state index in [2.05, 4.69) is 48.3 Å². The summed E-state index contributed by atoms with van der Waals surface area (Å²) in [6.07, 6.45) is 0.770. The summed E-state index contributed by atoms with van der Waals surface area (Å²) >= 11 is 1.51. The maximum absolute atomic E-state index is 13.3. The average Bonchev–Trinajstić information content (AvgIpc) is 3.42. The van der Waals surface area contributed by atoms with Crippen LogP contribution in [0.1, 0.15) is 38.9 Å². The van der Waals surface area contributed by atoms with Crippen LogP contribution in [0.3, 0.4) is 0 Å². The second-order valence-corrected chi connectivity index (χ2v) is 9.30. The van der Waals surface area contributed by atoms with Crippen LogP contribution in [0.25, 0.3) is 0 Å². The number of nitrogens with one attached hydrogen (secondary N) is 3. The van der Waals surface area contributed by atoms with Crippen molar-refractivity contribution in [2.45, 2.75) is 51.9 Å². The molecular formula is C22H31FN8OS. The molecule has 9 nitrogen and oxygen atoms in total. The zero-order valence-electron chi connectivity index (χ0n) is 19.6. The summed E-state index contributed by atoms with van der Waals surface area (Å²) in [5, 5.41) is 16.4. The molecule has 1 aliphatic rings. The number of rotatable bonds is 8. The molecule has 2 atom stereocenters. The molecule has 0 amide bonds. The number of aromatic nitrogens is 4. The number of halogens is 1. The Morgan fingerprint density at radius 2 is 2.09 bits per heavy atom. The molecule has 33 heavy (non-hydrogen) atoms. The third-order valence-corrected chi connectivity index (χ3v) is 6.90. The third kappa shape index (κ3) is 4.94. The second kappa shape index (κ2) is 9.62. The lowest BCUT2D eigenvalue weighted by Crippen LogP contribution is -2.72. The van der Waals surface area contributed by atoms with Crippen LogP contribution in [0, 0.1) is 12.7 Å². The van der Waals surface area contributed by atoms with Gasteiger partial charge < -0.3 is 20.3 Å². The van der Waals surface area contributed by atoms with E-state index in [0.29, 0.717) is 24.4 Å². The number of hydrogen-bond acceptors (Lipinski definition) is 9. The molecule has 1 aliphatic heterocycles. The van der Waals surface area contributed by atoms with Gasteiger partial charge in [0.1, 0.15) is 22.7 Å². The molecule has 0 unspecified atom stereocenters. The highest BCUT2D eigenvalue weighted by Crippen LogP contribution is 2.30. The van der Waals surface area contributed by atoms with Crippen molar-refractivity contribution in [3.8, 4) is 11.8 Å². The first-order valence-electron chi connectivity index (χ1n) is 11.1. The molecule has 4 rings (SSSR count). The van der Waals surface area contributed by atoms with E-state index < -0.39 is 0 Å². The lowest BCUT2D eigenvalue weighted by Gasteiger charge is -2.48. The third-order valence-electron chi connectivity index (χ3n) is 5.95. The quantitative estimate of drug-likeness (QED) is 0.455. The van der Waals surface area contributed by atoms with Gasteiger partial charge in [0.15, 0.2) is 0 Å². The highest BCUT2D eigenvalue weighted by Gasteiger charge is 2.42. The van der Waals surface area contributed by atoms with Gasteiger partial charge in [0.05, 0.1) is 23.9 Å². The van der Waals surface area contributed by atoms with Gasteiger partial charge >= 0.3 is 6.01 Å². The molecule has 0 aliphatic carbocycles. The molecule has 3 aromatic rings. The van der Waals surface area contributed by atoms with E-state index >= 15 is 0 Å². The minimum atomic E-state index is -0.316. The van der Waals surface area contributed by atoms with Crippen LogP contribution in [0.5, 0.6) is 11.8 Å². The molecule has 3 N–H and O–H groups in total. The van der Waals surface area contributed by atoms with E-state index in [1.165, 1.54) is 23.7 Å². The number of likely N-dealkylation sites (N-methyl/N-ethyl adjacent to an activating group) is 1. The molecule has 0 saturated carbocycles. The van der Waals surface area contributed by atoms with E-state index in [-0.39, 0.29) is 23.6 Å². The summed E-state index contributed by atoms with van der Waals surface area (Å²) < 4.78 is 25.3. The van der Waals surface area contributed by atoms with Gasteiger partial charge in [0.2, 0.25) is 5.95 Å². The van der Waals surface area contributed by atoms with Gasteiger partial charge in [0.25, 0.3) is 0 Å². The van der Waals surface area contributed by atoms with Crippen LogP contribution in [0.15, 0.2) is 30.3 Å². The molecule has 0 bridgehead atoms. The minimum absolute atomic E-state index is 0.0353. The van der Waals surface area contributed by atoms with Crippen molar-refractivity contribution in [3.63, 3.8) is 0 Å². The Balaban J connectivity index is 1.55. The van der Waals surface area contributed by atoms with Gasteiger partial charge in [-0.2, -0.15) is 9.36 Å². The lowest BCUT2D eigenvalue weighted by molar-refractivity contribution is 0.226.